The Morgan fingerprint density at radius 1 is 1.44 bits per heavy atom. The summed E-state index contributed by atoms with van der Waals surface area (Å²) in [4.78, 5) is 11.7. The third kappa shape index (κ3) is 2.82. The molecule has 0 aliphatic heterocycles. The Kier molecular flexibility index (Phi) is 3.62. The summed E-state index contributed by atoms with van der Waals surface area (Å²) in [5.41, 5.74) is 1.16. The average Bonchev–Trinajstić information content (AvgIpc) is 2.25. The standard InChI is InChI=1S/C11H11N3O2/c1-13(2)8-10(7-12)9-3-5-11(6-4-9)14(15)16/h3-6,8H,1-2H3. The molecule has 0 radical (unpaired) electrons. The SMILES string of the molecule is CN(C)C=C(C#N)c1ccc([N+](=O)[O-])cc1. The third-order valence-corrected chi connectivity index (χ3v) is 1.90. The van der Waals surface area contributed by atoms with Crippen molar-refractivity contribution >= 4 is 11.3 Å². The van der Waals surface area contributed by atoms with E-state index in [1.165, 1.54) is 12.1 Å². The summed E-state index contributed by atoms with van der Waals surface area (Å²) < 4.78 is 0. The largest absolute Gasteiger partial charge is 0.382 e. The molecular formula is C11H11N3O2. The summed E-state index contributed by atoms with van der Waals surface area (Å²) in [7, 11) is 3.62. The smallest absolute Gasteiger partial charge is 0.269 e. The van der Waals surface area contributed by atoms with Gasteiger partial charge in [-0.1, -0.05) is 0 Å². The van der Waals surface area contributed by atoms with Crippen molar-refractivity contribution in [3.8, 4) is 6.07 Å². The highest BCUT2D eigenvalue weighted by Crippen LogP contribution is 2.18. The zero-order chi connectivity index (χ0) is 12.1. The molecule has 5 heteroatoms. The van der Waals surface area contributed by atoms with Crippen molar-refractivity contribution in [1.29, 1.82) is 5.26 Å². The van der Waals surface area contributed by atoms with Gasteiger partial charge in [0.05, 0.1) is 10.5 Å². The Morgan fingerprint density at radius 2 is 2.00 bits per heavy atom. The van der Waals surface area contributed by atoms with Crippen LogP contribution in [-0.4, -0.2) is 23.9 Å². The minimum Gasteiger partial charge on any atom is -0.382 e. The number of nitro groups is 1. The molecule has 0 saturated heterocycles. The Labute approximate surface area is 93.4 Å². The van der Waals surface area contributed by atoms with Gasteiger partial charge in [0.25, 0.3) is 5.69 Å². The van der Waals surface area contributed by atoms with Crippen molar-refractivity contribution in [2.75, 3.05) is 14.1 Å². The molecule has 16 heavy (non-hydrogen) atoms. The number of nitrogens with zero attached hydrogens (tertiary/aromatic N) is 3. The third-order valence-electron chi connectivity index (χ3n) is 1.90. The Balaban J connectivity index is 3.06. The van der Waals surface area contributed by atoms with Gasteiger partial charge in [-0.25, -0.2) is 0 Å². The van der Waals surface area contributed by atoms with E-state index in [2.05, 4.69) is 0 Å². The number of nitro benzene ring substituents is 1. The highest BCUT2D eigenvalue weighted by atomic mass is 16.6. The Morgan fingerprint density at radius 3 is 2.38 bits per heavy atom. The van der Waals surface area contributed by atoms with E-state index in [1.807, 2.05) is 20.2 Å². The van der Waals surface area contributed by atoms with Crippen molar-refractivity contribution in [1.82, 2.24) is 4.90 Å². The summed E-state index contributed by atoms with van der Waals surface area (Å²) >= 11 is 0. The normalized spacial score (nSPS) is 10.7. The molecule has 0 saturated carbocycles. The molecule has 1 aromatic carbocycles. The molecule has 1 aromatic rings. The summed E-state index contributed by atoms with van der Waals surface area (Å²) in [5.74, 6) is 0. The highest BCUT2D eigenvalue weighted by Gasteiger charge is 2.06. The lowest BCUT2D eigenvalue weighted by atomic mass is 10.1. The molecule has 0 aromatic heterocycles. The van der Waals surface area contributed by atoms with E-state index < -0.39 is 4.92 Å². The van der Waals surface area contributed by atoms with Crippen molar-refractivity contribution < 1.29 is 4.92 Å². The first kappa shape index (κ1) is 11.7. The Hall–Kier alpha value is -2.35. The monoisotopic (exact) mass is 217 g/mol. The van der Waals surface area contributed by atoms with Gasteiger partial charge in [-0.2, -0.15) is 5.26 Å². The maximum absolute atomic E-state index is 10.4. The van der Waals surface area contributed by atoms with Gasteiger partial charge in [-0.3, -0.25) is 10.1 Å². The fourth-order valence-corrected chi connectivity index (χ4v) is 1.19. The van der Waals surface area contributed by atoms with Crippen LogP contribution in [0.5, 0.6) is 0 Å². The van der Waals surface area contributed by atoms with E-state index >= 15 is 0 Å². The van der Waals surface area contributed by atoms with Crippen LogP contribution in [0, 0.1) is 21.4 Å². The fourth-order valence-electron chi connectivity index (χ4n) is 1.19. The van der Waals surface area contributed by atoms with Crippen LogP contribution in [-0.2, 0) is 0 Å². The molecule has 0 aliphatic rings. The first-order chi connectivity index (χ1) is 7.54. The molecule has 0 heterocycles. The molecule has 0 spiro atoms. The lowest BCUT2D eigenvalue weighted by Gasteiger charge is -2.06. The zero-order valence-electron chi connectivity index (χ0n) is 9.04. The van der Waals surface area contributed by atoms with Crippen LogP contribution in [0.1, 0.15) is 5.56 Å². The molecule has 82 valence electrons. The summed E-state index contributed by atoms with van der Waals surface area (Å²) in [5, 5.41) is 19.4. The zero-order valence-corrected chi connectivity index (χ0v) is 9.04. The second kappa shape index (κ2) is 4.94. The van der Waals surface area contributed by atoms with Crippen LogP contribution in [0.15, 0.2) is 30.5 Å². The molecule has 1 rings (SSSR count). The summed E-state index contributed by atoms with van der Waals surface area (Å²) in [6.45, 7) is 0. The number of hydrogen-bond acceptors (Lipinski definition) is 4. The predicted octanol–water partition coefficient (Wildman–Crippen LogP) is 2.02. The number of benzene rings is 1. The predicted molar refractivity (Wildman–Crippen MR) is 60.4 cm³/mol. The van der Waals surface area contributed by atoms with E-state index in [9.17, 15) is 10.1 Å². The van der Waals surface area contributed by atoms with Gasteiger partial charge in [-0.15, -0.1) is 0 Å². The molecule has 0 amide bonds. The molecule has 5 nitrogen and oxygen atoms in total. The van der Waals surface area contributed by atoms with Crippen molar-refractivity contribution in [3.63, 3.8) is 0 Å². The number of allylic oxidation sites excluding steroid dienone is 1. The highest BCUT2D eigenvalue weighted by molar-refractivity contribution is 5.76. The molecule has 0 aliphatic carbocycles. The second-order valence-electron chi connectivity index (χ2n) is 3.42. The van der Waals surface area contributed by atoms with E-state index in [1.54, 1.807) is 23.2 Å². The van der Waals surface area contributed by atoms with Crippen LogP contribution >= 0.6 is 0 Å². The van der Waals surface area contributed by atoms with Crippen molar-refractivity contribution in [3.05, 3.63) is 46.1 Å². The molecule has 0 atom stereocenters. The second-order valence-corrected chi connectivity index (χ2v) is 3.42. The molecule has 0 unspecified atom stereocenters. The average molecular weight is 217 g/mol. The van der Waals surface area contributed by atoms with E-state index in [-0.39, 0.29) is 5.69 Å². The number of hydrogen-bond donors (Lipinski definition) is 0. The minimum atomic E-state index is -0.467. The van der Waals surface area contributed by atoms with Crippen LogP contribution in [0.3, 0.4) is 0 Å². The summed E-state index contributed by atoms with van der Waals surface area (Å²) in [6, 6.07) is 7.95. The molecule has 0 N–H and O–H groups in total. The fraction of sp³-hybridized carbons (Fsp3) is 0.182. The lowest BCUT2D eigenvalue weighted by molar-refractivity contribution is -0.384. The lowest BCUT2D eigenvalue weighted by Crippen LogP contribution is -2.02. The quantitative estimate of drug-likeness (QED) is 0.441. The summed E-state index contributed by atoms with van der Waals surface area (Å²) in [6.07, 6.45) is 1.67. The van der Waals surface area contributed by atoms with Gasteiger partial charge in [0.15, 0.2) is 0 Å². The number of non-ortho nitro benzene ring substituents is 1. The topological polar surface area (TPSA) is 70.2 Å². The van der Waals surface area contributed by atoms with Gasteiger partial charge < -0.3 is 4.90 Å². The molecule has 0 bridgehead atoms. The van der Waals surface area contributed by atoms with Gasteiger partial charge in [-0.05, 0) is 17.7 Å². The first-order valence-electron chi connectivity index (χ1n) is 4.58. The van der Waals surface area contributed by atoms with Crippen molar-refractivity contribution in [2.24, 2.45) is 0 Å². The number of rotatable bonds is 3. The molecule has 0 fully saturated rings. The van der Waals surface area contributed by atoms with Gasteiger partial charge in [0, 0.05) is 32.4 Å². The number of nitriles is 1. The van der Waals surface area contributed by atoms with Crippen LogP contribution in [0.2, 0.25) is 0 Å². The first-order valence-corrected chi connectivity index (χ1v) is 4.58. The van der Waals surface area contributed by atoms with Crippen LogP contribution in [0.25, 0.3) is 5.57 Å². The van der Waals surface area contributed by atoms with Gasteiger partial charge in [0.1, 0.15) is 6.07 Å². The van der Waals surface area contributed by atoms with E-state index in [4.69, 9.17) is 5.26 Å². The van der Waals surface area contributed by atoms with Crippen molar-refractivity contribution in [2.45, 2.75) is 0 Å². The van der Waals surface area contributed by atoms with Crippen LogP contribution in [0.4, 0.5) is 5.69 Å². The van der Waals surface area contributed by atoms with Crippen LogP contribution < -0.4 is 0 Å². The molecular weight excluding hydrogens is 206 g/mol. The van der Waals surface area contributed by atoms with Gasteiger partial charge in [0.2, 0.25) is 0 Å². The minimum absolute atomic E-state index is 0.0193. The maximum Gasteiger partial charge on any atom is 0.269 e. The van der Waals surface area contributed by atoms with E-state index in [0.717, 1.165) is 0 Å². The van der Waals surface area contributed by atoms with E-state index in [0.29, 0.717) is 11.1 Å². The Bertz CT molecular complexity index is 455. The maximum atomic E-state index is 10.4. The van der Waals surface area contributed by atoms with Gasteiger partial charge >= 0.3 is 0 Å².